The summed E-state index contributed by atoms with van der Waals surface area (Å²) in [7, 11) is 0. The van der Waals surface area contributed by atoms with Gasteiger partial charge in [-0.2, -0.15) is 0 Å². The predicted molar refractivity (Wildman–Crippen MR) is 87.4 cm³/mol. The Bertz CT molecular complexity index is 533. The summed E-state index contributed by atoms with van der Waals surface area (Å²) >= 11 is 3.47. The number of aryl methyl sites for hydroxylation is 1. The molecule has 1 saturated heterocycles. The Labute approximate surface area is 135 Å². The Balaban J connectivity index is 2.23. The largest absolute Gasteiger partial charge is 0.466 e. The third kappa shape index (κ3) is 3.07. The summed E-state index contributed by atoms with van der Waals surface area (Å²) in [6, 6.07) is 4.01. The van der Waals surface area contributed by atoms with Gasteiger partial charge in [-0.3, -0.25) is 4.79 Å². The lowest BCUT2D eigenvalue weighted by molar-refractivity contribution is -0.156. The van der Waals surface area contributed by atoms with Gasteiger partial charge < -0.3 is 9.64 Å². The Morgan fingerprint density at radius 3 is 2.81 bits per heavy atom. The Kier molecular flexibility index (Phi) is 4.91. The first-order valence-electron chi connectivity index (χ1n) is 7.46. The van der Waals surface area contributed by atoms with Crippen molar-refractivity contribution in [2.24, 2.45) is 11.3 Å². The Hall–Kier alpha value is -1.10. The first kappa shape index (κ1) is 16.3. The molecule has 0 bridgehead atoms. The van der Waals surface area contributed by atoms with Crippen molar-refractivity contribution in [1.29, 1.82) is 0 Å². The molecule has 21 heavy (non-hydrogen) atoms. The zero-order chi connectivity index (χ0) is 15.6. The van der Waals surface area contributed by atoms with E-state index in [4.69, 9.17) is 4.74 Å². The van der Waals surface area contributed by atoms with Crippen molar-refractivity contribution >= 4 is 27.7 Å². The van der Waals surface area contributed by atoms with Crippen molar-refractivity contribution in [1.82, 2.24) is 4.98 Å². The molecule has 1 atom stereocenters. The highest BCUT2D eigenvalue weighted by Crippen LogP contribution is 2.40. The number of anilines is 1. The topological polar surface area (TPSA) is 42.4 Å². The number of hydrogen-bond donors (Lipinski definition) is 0. The van der Waals surface area contributed by atoms with E-state index in [9.17, 15) is 4.79 Å². The van der Waals surface area contributed by atoms with Crippen LogP contribution in [0.3, 0.4) is 0 Å². The first-order chi connectivity index (χ1) is 9.90. The molecule has 1 unspecified atom stereocenters. The number of halogens is 1. The van der Waals surface area contributed by atoms with E-state index >= 15 is 0 Å². The second-order valence-electron chi connectivity index (χ2n) is 5.94. The van der Waals surface area contributed by atoms with E-state index in [1.165, 1.54) is 0 Å². The molecule has 1 aromatic rings. The molecule has 0 amide bonds. The molecule has 2 heterocycles. The van der Waals surface area contributed by atoms with Gasteiger partial charge in [0.15, 0.2) is 0 Å². The average Bonchev–Trinajstić information content (AvgIpc) is 2.88. The third-order valence-corrected chi connectivity index (χ3v) is 5.26. The SMILES string of the molecule is CCOC(=O)C1(C(C)C)CCN(c2ccc(Br)c(C)n2)C1. The molecule has 2 rings (SSSR count). The summed E-state index contributed by atoms with van der Waals surface area (Å²) in [5, 5.41) is 0. The molecule has 1 aromatic heterocycles. The number of aromatic nitrogens is 1. The summed E-state index contributed by atoms with van der Waals surface area (Å²) < 4.78 is 6.33. The fraction of sp³-hybridized carbons (Fsp3) is 0.625. The van der Waals surface area contributed by atoms with E-state index in [0.29, 0.717) is 13.2 Å². The van der Waals surface area contributed by atoms with Crippen LogP contribution in [0.1, 0.15) is 32.9 Å². The van der Waals surface area contributed by atoms with Crippen molar-refractivity contribution in [3.63, 3.8) is 0 Å². The van der Waals surface area contributed by atoms with Crippen molar-refractivity contribution in [2.45, 2.75) is 34.1 Å². The van der Waals surface area contributed by atoms with E-state index < -0.39 is 5.41 Å². The van der Waals surface area contributed by atoms with Crippen LogP contribution in [0, 0.1) is 18.3 Å². The molecular formula is C16H23BrN2O2. The van der Waals surface area contributed by atoms with Crippen LogP contribution in [0.2, 0.25) is 0 Å². The highest BCUT2D eigenvalue weighted by atomic mass is 79.9. The van der Waals surface area contributed by atoms with Crippen LogP contribution >= 0.6 is 15.9 Å². The van der Waals surface area contributed by atoms with Gasteiger partial charge in [-0.15, -0.1) is 0 Å². The van der Waals surface area contributed by atoms with Gasteiger partial charge in [0, 0.05) is 17.6 Å². The second kappa shape index (κ2) is 6.34. The summed E-state index contributed by atoms with van der Waals surface area (Å²) in [6.45, 7) is 9.98. The van der Waals surface area contributed by atoms with Gasteiger partial charge in [0.2, 0.25) is 0 Å². The van der Waals surface area contributed by atoms with Gasteiger partial charge in [0.25, 0.3) is 0 Å². The van der Waals surface area contributed by atoms with E-state index in [2.05, 4.69) is 39.7 Å². The zero-order valence-electron chi connectivity index (χ0n) is 13.1. The number of pyridine rings is 1. The minimum atomic E-state index is -0.418. The minimum Gasteiger partial charge on any atom is -0.466 e. The zero-order valence-corrected chi connectivity index (χ0v) is 14.7. The summed E-state index contributed by atoms with van der Waals surface area (Å²) in [5.74, 6) is 1.11. The first-order valence-corrected chi connectivity index (χ1v) is 8.25. The van der Waals surface area contributed by atoms with Crippen molar-refractivity contribution < 1.29 is 9.53 Å². The molecule has 4 nitrogen and oxygen atoms in total. The monoisotopic (exact) mass is 354 g/mol. The molecule has 0 N–H and O–H groups in total. The molecule has 1 fully saturated rings. The fourth-order valence-corrected chi connectivity index (χ4v) is 3.10. The van der Waals surface area contributed by atoms with Crippen LogP contribution in [-0.2, 0) is 9.53 Å². The van der Waals surface area contributed by atoms with Crippen LogP contribution in [0.15, 0.2) is 16.6 Å². The average molecular weight is 355 g/mol. The summed E-state index contributed by atoms with van der Waals surface area (Å²) in [5.41, 5.74) is 0.546. The maximum Gasteiger partial charge on any atom is 0.314 e. The lowest BCUT2D eigenvalue weighted by Crippen LogP contribution is -2.40. The lowest BCUT2D eigenvalue weighted by atomic mass is 9.76. The smallest absolute Gasteiger partial charge is 0.314 e. The lowest BCUT2D eigenvalue weighted by Gasteiger charge is -2.31. The van der Waals surface area contributed by atoms with Crippen LogP contribution in [0.25, 0.3) is 0 Å². The van der Waals surface area contributed by atoms with Crippen LogP contribution in [0.5, 0.6) is 0 Å². The molecule has 1 aliphatic rings. The number of carbonyl (C=O) groups excluding carboxylic acids is 1. The minimum absolute atomic E-state index is 0.0728. The van der Waals surface area contributed by atoms with Crippen molar-refractivity contribution in [3.05, 3.63) is 22.3 Å². The van der Waals surface area contributed by atoms with Gasteiger partial charge in [-0.25, -0.2) is 4.98 Å². The molecular weight excluding hydrogens is 332 g/mol. The number of carbonyl (C=O) groups is 1. The van der Waals surface area contributed by atoms with E-state index in [1.807, 2.05) is 26.0 Å². The Morgan fingerprint density at radius 1 is 1.52 bits per heavy atom. The number of esters is 1. The Morgan fingerprint density at radius 2 is 2.24 bits per heavy atom. The van der Waals surface area contributed by atoms with Gasteiger partial charge >= 0.3 is 5.97 Å². The highest BCUT2D eigenvalue weighted by molar-refractivity contribution is 9.10. The van der Waals surface area contributed by atoms with Crippen LogP contribution in [-0.4, -0.2) is 30.6 Å². The number of ether oxygens (including phenoxy) is 1. The third-order valence-electron chi connectivity index (χ3n) is 4.42. The van der Waals surface area contributed by atoms with E-state index in [0.717, 1.165) is 29.0 Å². The van der Waals surface area contributed by atoms with E-state index in [-0.39, 0.29) is 11.9 Å². The van der Waals surface area contributed by atoms with Crippen molar-refractivity contribution in [3.8, 4) is 0 Å². The summed E-state index contributed by atoms with van der Waals surface area (Å²) in [4.78, 5) is 19.2. The summed E-state index contributed by atoms with van der Waals surface area (Å²) in [6.07, 6.45) is 0.820. The molecule has 5 heteroatoms. The van der Waals surface area contributed by atoms with E-state index in [1.54, 1.807) is 0 Å². The quantitative estimate of drug-likeness (QED) is 0.775. The maximum absolute atomic E-state index is 12.4. The molecule has 0 radical (unpaired) electrons. The van der Waals surface area contributed by atoms with Crippen molar-refractivity contribution in [2.75, 3.05) is 24.6 Å². The predicted octanol–water partition coefficient (Wildman–Crippen LogP) is 3.57. The van der Waals surface area contributed by atoms with Gasteiger partial charge in [-0.1, -0.05) is 13.8 Å². The normalized spacial score (nSPS) is 21.9. The fourth-order valence-electron chi connectivity index (χ4n) is 2.88. The van der Waals surface area contributed by atoms with Crippen LogP contribution in [0.4, 0.5) is 5.82 Å². The molecule has 1 aliphatic heterocycles. The molecule has 0 saturated carbocycles. The molecule has 116 valence electrons. The highest BCUT2D eigenvalue weighted by Gasteiger charge is 2.48. The number of nitrogens with zero attached hydrogens (tertiary/aromatic N) is 2. The van der Waals surface area contributed by atoms with Gasteiger partial charge in [-0.05, 0) is 54.2 Å². The standard InChI is InChI=1S/C16H23BrN2O2/c1-5-21-15(20)16(11(2)3)8-9-19(10-16)14-7-6-13(17)12(4)18-14/h6-7,11H,5,8-10H2,1-4H3. The molecule has 0 aliphatic carbocycles. The number of hydrogen-bond acceptors (Lipinski definition) is 4. The molecule has 0 spiro atoms. The second-order valence-corrected chi connectivity index (χ2v) is 6.79. The van der Waals surface area contributed by atoms with Gasteiger partial charge in [0.1, 0.15) is 5.82 Å². The maximum atomic E-state index is 12.4. The van der Waals surface area contributed by atoms with Crippen LogP contribution < -0.4 is 4.90 Å². The number of rotatable bonds is 4. The molecule has 0 aromatic carbocycles. The van der Waals surface area contributed by atoms with Gasteiger partial charge in [0.05, 0.1) is 17.7 Å².